The number of hydrogen-bond donors (Lipinski definition) is 0. The number of anilines is 1. The Morgan fingerprint density at radius 3 is 2.29 bits per heavy atom. The van der Waals surface area contributed by atoms with Crippen LogP contribution in [0, 0.1) is 19.8 Å². The Balaban J connectivity index is 1.84. The highest BCUT2D eigenvalue weighted by molar-refractivity contribution is 6.42. The highest BCUT2D eigenvalue weighted by atomic mass is 35.5. The van der Waals surface area contributed by atoms with E-state index in [-0.39, 0.29) is 24.2 Å². The van der Waals surface area contributed by atoms with Crippen molar-refractivity contribution in [3.8, 4) is 0 Å². The van der Waals surface area contributed by atoms with Gasteiger partial charge in [-0.15, -0.1) is 0 Å². The van der Waals surface area contributed by atoms with Crippen LogP contribution in [-0.4, -0.2) is 11.8 Å². The summed E-state index contributed by atoms with van der Waals surface area (Å²) in [6.45, 7) is 4.06. The van der Waals surface area contributed by atoms with Gasteiger partial charge in [0, 0.05) is 6.42 Å². The van der Waals surface area contributed by atoms with Crippen LogP contribution in [0.2, 0.25) is 10.0 Å². The molecule has 0 bridgehead atoms. The lowest BCUT2D eigenvalue weighted by atomic mass is 9.95. The molecule has 1 unspecified atom stereocenters. The highest BCUT2D eigenvalue weighted by Gasteiger charge is 2.39. The lowest BCUT2D eigenvalue weighted by molar-refractivity contribution is -0.122. The van der Waals surface area contributed by atoms with Gasteiger partial charge < -0.3 is 0 Å². The van der Waals surface area contributed by atoms with Crippen molar-refractivity contribution in [3.63, 3.8) is 0 Å². The van der Waals surface area contributed by atoms with Gasteiger partial charge in [-0.1, -0.05) is 52.5 Å². The number of hydrogen-bond acceptors (Lipinski definition) is 2. The number of rotatable bonds is 3. The Labute approximate surface area is 151 Å². The summed E-state index contributed by atoms with van der Waals surface area (Å²) in [6.07, 6.45) is 0.775. The first kappa shape index (κ1) is 17.0. The van der Waals surface area contributed by atoms with Crippen molar-refractivity contribution in [1.82, 2.24) is 0 Å². The second-order valence-corrected chi connectivity index (χ2v) is 7.08. The molecular weight excluding hydrogens is 345 g/mol. The van der Waals surface area contributed by atoms with Crippen molar-refractivity contribution in [2.45, 2.75) is 26.7 Å². The predicted molar refractivity (Wildman–Crippen MR) is 96.7 cm³/mol. The maximum atomic E-state index is 12.7. The van der Waals surface area contributed by atoms with Crippen LogP contribution in [0.25, 0.3) is 0 Å². The van der Waals surface area contributed by atoms with Gasteiger partial charge in [0.2, 0.25) is 11.8 Å². The Morgan fingerprint density at radius 1 is 1.00 bits per heavy atom. The minimum atomic E-state index is -0.340. The van der Waals surface area contributed by atoms with Crippen LogP contribution in [0.1, 0.15) is 23.1 Å². The lowest BCUT2D eigenvalue weighted by Gasteiger charge is -2.16. The standard InChI is InChI=1S/C19H17Cl2NO2/c1-11-5-12(2)7-13(6-11)8-14-9-18(23)22(19(14)24)15-3-4-16(20)17(21)10-15/h3-7,10,14H,8-9H2,1-2H3. The van der Waals surface area contributed by atoms with E-state index in [0.29, 0.717) is 22.2 Å². The van der Waals surface area contributed by atoms with Crippen LogP contribution in [0.5, 0.6) is 0 Å². The molecule has 0 N–H and O–H groups in total. The minimum Gasteiger partial charge on any atom is -0.274 e. The van der Waals surface area contributed by atoms with Gasteiger partial charge in [-0.3, -0.25) is 14.5 Å². The molecule has 3 rings (SSSR count). The summed E-state index contributed by atoms with van der Waals surface area (Å²) in [6, 6.07) is 11.0. The van der Waals surface area contributed by atoms with Crippen LogP contribution < -0.4 is 4.90 Å². The molecule has 124 valence electrons. The highest BCUT2D eigenvalue weighted by Crippen LogP contribution is 2.33. The first-order valence-electron chi connectivity index (χ1n) is 7.74. The molecule has 1 saturated heterocycles. The second-order valence-electron chi connectivity index (χ2n) is 6.27. The van der Waals surface area contributed by atoms with E-state index in [9.17, 15) is 9.59 Å². The summed E-state index contributed by atoms with van der Waals surface area (Å²) in [5, 5.41) is 0.721. The Morgan fingerprint density at radius 2 is 1.67 bits per heavy atom. The third kappa shape index (κ3) is 3.33. The van der Waals surface area contributed by atoms with Crippen molar-refractivity contribution in [1.29, 1.82) is 0 Å². The van der Waals surface area contributed by atoms with Gasteiger partial charge in [-0.25, -0.2) is 0 Å². The van der Waals surface area contributed by atoms with Gasteiger partial charge >= 0.3 is 0 Å². The van der Waals surface area contributed by atoms with Crippen LogP contribution in [0.3, 0.4) is 0 Å². The number of aryl methyl sites for hydroxylation is 2. The number of halogens is 2. The molecule has 1 aliphatic rings. The molecule has 1 atom stereocenters. The molecule has 0 radical (unpaired) electrons. The van der Waals surface area contributed by atoms with Gasteiger partial charge in [-0.2, -0.15) is 0 Å². The van der Waals surface area contributed by atoms with E-state index < -0.39 is 0 Å². The Bertz CT molecular complexity index is 812. The number of imide groups is 1. The van der Waals surface area contributed by atoms with Crippen molar-refractivity contribution >= 4 is 40.7 Å². The van der Waals surface area contributed by atoms with Gasteiger partial charge in [0.25, 0.3) is 0 Å². The SMILES string of the molecule is Cc1cc(C)cc(CC2CC(=O)N(c3ccc(Cl)c(Cl)c3)C2=O)c1. The number of amides is 2. The molecule has 1 aliphatic heterocycles. The van der Waals surface area contributed by atoms with E-state index in [0.717, 1.165) is 16.7 Å². The second kappa shape index (κ2) is 6.58. The summed E-state index contributed by atoms with van der Waals surface area (Å²) in [5.41, 5.74) is 3.86. The largest absolute Gasteiger partial charge is 0.274 e. The summed E-state index contributed by atoms with van der Waals surface area (Å²) in [5.74, 6) is -0.724. The summed E-state index contributed by atoms with van der Waals surface area (Å²) in [7, 11) is 0. The smallest absolute Gasteiger partial charge is 0.237 e. The fraction of sp³-hybridized carbons (Fsp3) is 0.263. The average molecular weight is 362 g/mol. The Hall–Kier alpha value is -1.84. The fourth-order valence-electron chi connectivity index (χ4n) is 3.22. The molecule has 0 aromatic heterocycles. The third-order valence-corrected chi connectivity index (χ3v) is 4.90. The first-order valence-corrected chi connectivity index (χ1v) is 8.50. The normalized spacial score (nSPS) is 17.7. The molecule has 0 saturated carbocycles. The molecule has 2 aromatic rings. The molecule has 0 spiro atoms. The van der Waals surface area contributed by atoms with Gasteiger partial charge in [0.05, 0.1) is 21.7 Å². The molecule has 1 fully saturated rings. The van der Waals surface area contributed by atoms with Gasteiger partial charge in [-0.05, 0) is 44.0 Å². The molecule has 0 aliphatic carbocycles. The summed E-state index contributed by atoms with van der Waals surface area (Å²) >= 11 is 11.9. The zero-order chi connectivity index (χ0) is 17.4. The fourth-order valence-corrected chi connectivity index (χ4v) is 3.51. The van der Waals surface area contributed by atoms with Gasteiger partial charge in [0.15, 0.2) is 0 Å². The van der Waals surface area contributed by atoms with E-state index >= 15 is 0 Å². The maximum absolute atomic E-state index is 12.7. The third-order valence-electron chi connectivity index (χ3n) is 4.17. The quantitative estimate of drug-likeness (QED) is 0.740. The van der Waals surface area contributed by atoms with Crippen molar-refractivity contribution < 1.29 is 9.59 Å². The molecule has 2 amide bonds. The molecule has 1 heterocycles. The molecule has 3 nitrogen and oxygen atoms in total. The monoisotopic (exact) mass is 361 g/mol. The zero-order valence-corrected chi connectivity index (χ0v) is 15.0. The van der Waals surface area contributed by atoms with Crippen LogP contribution in [0.15, 0.2) is 36.4 Å². The average Bonchev–Trinajstić information content (AvgIpc) is 2.75. The van der Waals surface area contributed by atoms with E-state index in [1.165, 1.54) is 4.90 Å². The predicted octanol–water partition coefficient (Wildman–Crippen LogP) is 4.73. The topological polar surface area (TPSA) is 37.4 Å². The van der Waals surface area contributed by atoms with Crippen molar-refractivity contribution in [3.05, 3.63) is 63.1 Å². The number of benzene rings is 2. The summed E-state index contributed by atoms with van der Waals surface area (Å²) in [4.78, 5) is 26.3. The molecule has 24 heavy (non-hydrogen) atoms. The van der Waals surface area contributed by atoms with Crippen molar-refractivity contribution in [2.75, 3.05) is 4.90 Å². The van der Waals surface area contributed by atoms with Crippen LogP contribution in [-0.2, 0) is 16.0 Å². The van der Waals surface area contributed by atoms with Crippen molar-refractivity contribution in [2.24, 2.45) is 5.92 Å². The zero-order valence-electron chi connectivity index (χ0n) is 13.5. The van der Waals surface area contributed by atoms with E-state index in [1.807, 2.05) is 13.8 Å². The Kier molecular flexibility index (Phi) is 4.66. The van der Waals surface area contributed by atoms with E-state index in [4.69, 9.17) is 23.2 Å². The summed E-state index contributed by atoms with van der Waals surface area (Å²) < 4.78 is 0. The maximum Gasteiger partial charge on any atom is 0.237 e. The number of nitrogens with zero attached hydrogens (tertiary/aromatic N) is 1. The van der Waals surface area contributed by atoms with E-state index in [2.05, 4.69) is 18.2 Å². The molecule has 2 aromatic carbocycles. The number of carbonyl (C=O) groups excluding carboxylic acids is 2. The van der Waals surface area contributed by atoms with Gasteiger partial charge in [0.1, 0.15) is 0 Å². The van der Waals surface area contributed by atoms with E-state index in [1.54, 1.807) is 18.2 Å². The molecule has 5 heteroatoms. The minimum absolute atomic E-state index is 0.183. The van der Waals surface area contributed by atoms with Crippen LogP contribution >= 0.6 is 23.2 Å². The lowest BCUT2D eigenvalue weighted by Crippen LogP contribution is -2.30. The first-order chi connectivity index (χ1) is 11.3. The molecular formula is C19H17Cl2NO2. The number of carbonyl (C=O) groups is 2. The van der Waals surface area contributed by atoms with Crippen LogP contribution in [0.4, 0.5) is 5.69 Å².